The first-order valence-electron chi connectivity index (χ1n) is 9.04. The summed E-state index contributed by atoms with van der Waals surface area (Å²) in [6.07, 6.45) is 4.09. The first kappa shape index (κ1) is 21.1. The Bertz CT molecular complexity index is 790. The molecule has 28 heavy (non-hydrogen) atoms. The number of hydrogen-bond acceptors (Lipinski definition) is 9. The third-order valence-corrected chi connectivity index (χ3v) is 8.24. The summed E-state index contributed by atoms with van der Waals surface area (Å²) in [5.41, 5.74) is 1.43. The van der Waals surface area contributed by atoms with Gasteiger partial charge in [0.1, 0.15) is 18.0 Å². The summed E-state index contributed by atoms with van der Waals surface area (Å²) >= 11 is 2.62. The van der Waals surface area contributed by atoms with Gasteiger partial charge in [-0.2, -0.15) is 5.26 Å². The predicted molar refractivity (Wildman–Crippen MR) is 107 cm³/mol. The van der Waals surface area contributed by atoms with E-state index in [2.05, 4.69) is 6.07 Å². The number of thioether (sulfide) groups is 2. The fourth-order valence-electron chi connectivity index (χ4n) is 4.46. The molecule has 0 aromatic carbocycles. The van der Waals surface area contributed by atoms with Gasteiger partial charge in [-0.1, -0.05) is 30.3 Å². The van der Waals surface area contributed by atoms with Gasteiger partial charge in [-0.05, 0) is 19.6 Å². The molecular weight excluding hydrogens is 400 g/mol. The Kier molecular flexibility index (Phi) is 6.03. The molecule has 3 heterocycles. The first-order chi connectivity index (χ1) is 13.4. The van der Waals surface area contributed by atoms with Crippen molar-refractivity contribution in [2.75, 3.05) is 27.1 Å². The molecule has 3 aliphatic heterocycles. The van der Waals surface area contributed by atoms with Gasteiger partial charge in [0, 0.05) is 12.5 Å². The largest absolute Gasteiger partial charge is 0.469 e. The number of nitrogens with zero attached hydrogens (tertiary/aromatic N) is 2. The van der Waals surface area contributed by atoms with Crippen LogP contribution in [-0.2, 0) is 23.8 Å². The van der Waals surface area contributed by atoms with Crippen LogP contribution < -0.4 is 0 Å². The zero-order chi connectivity index (χ0) is 20.6. The van der Waals surface area contributed by atoms with Crippen molar-refractivity contribution in [3.63, 3.8) is 0 Å². The maximum absolute atomic E-state index is 13.1. The molecule has 0 spiro atoms. The Hall–Kier alpha value is -1.63. The molecule has 152 valence electrons. The zero-order valence-electron chi connectivity index (χ0n) is 16.6. The number of methoxy groups -OCH3 is 2. The molecule has 1 fully saturated rings. The van der Waals surface area contributed by atoms with E-state index < -0.39 is 40.8 Å². The molecule has 4 rings (SSSR count). The SMILES string of the molecule is CCCOC1C2C(C)=CC3N1C(C#N)=C(SC)SC3(C(=O)OC)C2C(=O)OC. The number of esters is 2. The van der Waals surface area contributed by atoms with Gasteiger partial charge < -0.3 is 19.1 Å². The molecule has 1 saturated heterocycles. The van der Waals surface area contributed by atoms with E-state index in [1.54, 1.807) is 0 Å². The molecule has 0 aromatic heterocycles. The summed E-state index contributed by atoms with van der Waals surface area (Å²) in [7, 11) is 2.65. The van der Waals surface area contributed by atoms with Gasteiger partial charge in [-0.25, -0.2) is 0 Å². The minimum atomic E-state index is -1.23. The van der Waals surface area contributed by atoms with Crippen LogP contribution in [0.3, 0.4) is 0 Å². The molecule has 5 atom stereocenters. The zero-order valence-corrected chi connectivity index (χ0v) is 18.2. The van der Waals surface area contributed by atoms with E-state index in [9.17, 15) is 14.9 Å². The smallest absolute Gasteiger partial charge is 0.325 e. The van der Waals surface area contributed by atoms with Crippen LogP contribution in [0, 0.1) is 23.2 Å². The summed E-state index contributed by atoms with van der Waals surface area (Å²) in [4.78, 5) is 28.0. The lowest BCUT2D eigenvalue weighted by molar-refractivity contribution is -0.183. The molecular formula is C19H24N2O5S2. The van der Waals surface area contributed by atoms with E-state index >= 15 is 0 Å². The highest BCUT2D eigenvalue weighted by molar-refractivity contribution is 8.23. The van der Waals surface area contributed by atoms with Gasteiger partial charge in [0.05, 0.1) is 30.4 Å². The van der Waals surface area contributed by atoms with Crippen LogP contribution in [0.1, 0.15) is 20.3 Å². The summed E-state index contributed by atoms with van der Waals surface area (Å²) < 4.78 is 15.9. The number of piperidine rings is 1. The molecule has 1 aliphatic carbocycles. The van der Waals surface area contributed by atoms with Gasteiger partial charge in [-0.15, -0.1) is 11.8 Å². The monoisotopic (exact) mass is 424 g/mol. The number of nitriles is 1. The number of carbonyl (C=O) groups excluding carboxylic acids is 2. The van der Waals surface area contributed by atoms with Crippen LogP contribution in [0.25, 0.3) is 0 Å². The van der Waals surface area contributed by atoms with Crippen LogP contribution in [0.5, 0.6) is 0 Å². The maximum Gasteiger partial charge on any atom is 0.325 e. The van der Waals surface area contributed by atoms with Gasteiger partial charge >= 0.3 is 11.9 Å². The number of rotatable bonds is 6. The maximum atomic E-state index is 13.1. The molecule has 4 bridgehead atoms. The molecule has 9 heteroatoms. The Labute approximate surface area is 173 Å². The summed E-state index contributed by atoms with van der Waals surface area (Å²) in [5, 5.41) is 9.88. The second-order valence-electron chi connectivity index (χ2n) is 6.89. The number of hydrogen-bond donors (Lipinski definition) is 0. The average molecular weight is 425 g/mol. The highest BCUT2D eigenvalue weighted by Gasteiger charge is 2.71. The normalized spacial score (nSPS) is 33.3. The van der Waals surface area contributed by atoms with Crippen molar-refractivity contribution in [2.24, 2.45) is 11.8 Å². The van der Waals surface area contributed by atoms with Gasteiger partial charge in [-0.3, -0.25) is 9.59 Å². The molecule has 0 radical (unpaired) electrons. The molecule has 0 saturated carbocycles. The molecule has 5 unspecified atom stereocenters. The standard InChI is InChI=1S/C19H24N2O5S2/c1-6-7-26-15-13-10(2)8-12-19(18(23)25-4,14(13)16(22)24-3)28-17(27-5)11(9-20)21(12)15/h8,12-15H,6-7H2,1-5H3. The van der Waals surface area contributed by atoms with Crippen molar-refractivity contribution < 1.29 is 23.8 Å². The second-order valence-corrected chi connectivity index (χ2v) is 9.25. The van der Waals surface area contributed by atoms with Crippen LogP contribution in [0.15, 0.2) is 21.6 Å². The number of ether oxygens (including phenoxy) is 3. The summed E-state index contributed by atoms with van der Waals surface area (Å²) in [5.74, 6) is -2.15. The first-order valence-corrected chi connectivity index (χ1v) is 11.1. The minimum absolute atomic E-state index is 0.414. The van der Waals surface area contributed by atoms with Crippen LogP contribution in [0.4, 0.5) is 0 Å². The van der Waals surface area contributed by atoms with E-state index in [4.69, 9.17) is 14.2 Å². The Morgan fingerprint density at radius 2 is 2.11 bits per heavy atom. The topological polar surface area (TPSA) is 88.9 Å². The van der Waals surface area contributed by atoms with E-state index in [-0.39, 0.29) is 0 Å². The third kappa shape index (κ3) is 2.77. The Morgan fingerprint density at radius 3 is 2.64 bits per heavy atom. The van der Waals surface area contributed by atoms with E-state index in [1.807, 2.05) is 31.1 Å². The van der Waals surface area contributed by atoms with Gasteiger partial charge in [0.25, 0.3) is 0 Å². The van der Waals surface area contributed by atoms with Crippen molar-refractivity contribution >= 4 is 35.5 Å². The fourth-order valence-corrected chi connectivity index (χ4v) is 6.95. The lowest BCUT2D eigenvalue weighted by Crippen LogP contribution is -2.74. The number of allylic oxidation sites excluding steroid dienone is 1. The lowest BCUT2D eigenvalue weighted by Gasteiger charge is -2.62. The Balaban J connectivity index is 2.30. The Morgan fingerprint density at radius 1 is 1.39 bits per heavy atom. The fraction of sp³-hybridized carbons (Fsp3) is 0.632. The van der Waals surface area contributed by atoms with E-state index in [0.717, 1.165) is 12.0 Å². The minimum Gasteiger partial charge on any atom is -0.469 e. The lowest BCUT2D eigenvalue weighted by atomic mass is 9.63. The van der Waals surface area contributed by atoms with Crippen LogP contribution >= 0.6 is 23.5 Å². The molecule has 0 aromatic rings. The second kappa shape index (κ2) is 8.01. The highest BCUT2D eigenvalue weighted by Crippen LogP contribution is 2.62. The van der Waals surface area contributed by atoms with Crippen molar-refractivity contribution in [3.05, 3.63) is 21.6 Å². The summed E-state index contributed by atoms with van der Waals surface area (Å²) in [6.45, 7) is 4.42. The summed E-state index contributed by atoms with van der Waals surface area (Å²) in [6, 6.07) is 1.75. The predicted octanol–water partition coefficient (Wildman–Crippen LogP) is 2.50. The quantitative estimate of drug-likeness (QED) is 0.471. The molecule has 4 aliphatic rings. The molecule has 0 amide bonds. The third-order valence-electron chi connectivity index (χ3n) is 5.54. The van der Waals surface area contributed by atoms with E-state index in [0.29, 0.717) is 16.5 Å². The highest BCUT2D eigenvalue weighted by atomic mass is 32.2. The van der Waals surface area contributed by atoms with Crippen molar-refractivity contribution in [1.82, 2.24) is 4.90 Å². The van der Waals surface area contributed by atoms with Gasteiger partial charge in [0.2, 0.25) is 0 Å². The van der Waals surface area contributed by atoms with Crippen LogP contribution in [0.2, 0.25) is 0 Å². The van der Waals surface area contributed by atoms with Crippen molar-refractivity contribution in [3.8, 4) is 6.07 Å². The van der Waals surface area contributed by atoms with E-state index in [1.165, 1.54) is 37.7 Å². The average Bonchev–Trinajstić information content (AvgIpc) is 2.71. The van der Waals surface area contributed by atoms with Crippen molar-refractivity contribution in [1.29, 1.82) is 5.26 Å². The van der Waals surface area contributed by atoms with Gasteiger partial charge in [0.15, 0.2) is 4.75 Å². The molecule has 7 nitrogen and oxygen atoms in total. The molecule has 0 N–H and O–H groups in total. The van der Waals surface area contributed by atoms with Crippen molar-refractivity contribution in [2.45, 2.75) is 37.3 Å². The van der Waals surface area contributed by atoms with Crippen LogP contribution in [-0.4, -0.2) is 60.9 Å². The number of carbonyl (C=O) groups is 2.